The second kappa shape index (κ2) is 4.78. The van der Waals surface area contributed by atoms with Crippen molar-refractivity contribution in [3.05, 3.63) is 30.6 Å². The number of hydrogen-bond acceptors (Lipinski definition) is 4. The van der Waals surface area contributed by atoms with Gasteiger partial charge in [-0.2, -0.15) is 0 Å². The predicted octanol–water partition coefficient (Wildman–Crippen LogP) is 1.43. The van der Waals surface area contributed by atoms with E-state index in [9.17, 15) is 5.11 Å². The van der Waals surface area contributed by atoms with Gasteiger partial charge in [-0.05, 0) is 31.0 Å². The summed E-state index contributed by atoms with van der Waals surface area (Å²) in [6.45, 7) is 1.69. The van der Waals surface area contributed by atoms with Crippen LogP contribution in [0.15, 0.2) is 30.6 Å². The molecule has 5 heteroatoms. The monoisotopic (exact) mass is 244 g/mol. The molecule has 0 radical (unpaired) electrons. The SMILES string of the molecule is OC1CCN(c2ccc(-c3cc[nH]c3)nn2)CC1. The third kappa shape index (κ3) is 2.22. The number of H-pyrrole nitrogens is 1. The molecule has 0 bridgehead atoms. The molecule has 1 saturated heterocycles. The Hall–Kier alpha value is -1.88. The number of nitrogens with one attached hydrogen (secondary N) is 1. The van der Waals surface area contributed by atoms with E-state index in [1.807, 2.05) is 30.6 Å². The van der Waals surface area contributed by atoms with Gasteiger partial charge < -0.3 is 15.0 Å². The minimum Gasteiger partial charge on any atom is -0.393 e. The predicted molar refractivity (Wildman–Crippen MR) is 69.3 cm³/mol. The van der Waals surface area contributed by atoms with Crippen molar-refractivity contribution in [3.8, 4) is 11.3 Å². The molecule has 1 aliphatic heterocycles. The lowest BCUT2D eigenvalue weighted by atomic mass is 10.1. The van der Waals surface area contributed by atoms with Crippen LogP contribution in [0.1, 0.15) is 12.8 Å². The van der Waals surface area contributed by atoms with Gasteiger partial charge >= 0.3 is 0 Å². The summed E-state index contributed by atoms with van der Waals surface area (Å²) in [6.07, 6.45) is 5.23. The molecule has 1 aliphatic rings. The second-order valence-electron chi connectivity index (χ2n) is 4.59. The Kier molecular flexibility index (Phi) is 2.98. The number of hydrogen-bond donors (Lipinski definition) is 2. The molecule has 0 unspecified atom stereocenters. The van der Waals surface area contributed by atoms with Crippen LogP contribution in [0.4, 0.5) is 5.82 Å². The van der Waals surface area contributed by atoms with Gasteiger partial charge in [0.05, 0.1) is 11.8 Å². The van der Waals surface area contributed by atoms with Crippen molar-refractivity contribution in [2.24, 2.45) is 0 Å². The molecule has 2 N–H and O–H groups in total. The summed E-state index contributed by atoms with van der Waals surface area (Å²) in [5.74, 6) is 0.890. The Labute approximate surface area is 105 Å². The van der Waals surface area contributed by atoms with Crippen LogP contribution in [0.3, 0.4) is 0 Å². The third-order valence-electron chi connectivity index (χ3n) is 3.33. The summed E-state index contributed by atoms with van der Waals surface area (Å²) in [4.78, 5) is 5.17. The third-order valence-corrected chi connectivity index (χ3v) is 3.33. The van der Waals surface area contributed by atoms with Crippen LogP contribution in [-0.4, -0.2) is 39.5 Å². The van der Waals surface area contributed by atoms with Crippen molar-refractivity contribution in [1.82, 2.24) is 15.2 Å². The Morgan fingerprint density at radius 3 is 2.61 bits per heavy atom. The molecule has 1 fully saturated rings. The van der Waals surface area contributed by atoms with Crippen LogP contribution < -0.4 is 4.90 Å². The van der Waals surface area contributed by atoms with Gasteiger partial charge in [0.15, 0.2) is 5.82 Å². The molecule has 3 rings (SSSR count). The maximum atomic E-state index is 9.48. The largest absolute Gasteiger partial charge is 0.393 e. The number of aromatic nitrogens is 3. The summed E-state index contributed by atoms with van der Waals surface area (Å²) in [6, 6.07) is 5.95. The molecule has 5 nitrogen and oxygen atoms in total. The van der Waals surface area contributed by atoms with Crippen LogP contribution >= 0.6 is 0 Å². The van der Waals surface area contributed by atoms with Crippen molar-refractivity contribution in [3.63, 3.8) is 0 Å². The molecule has 2 aromatic rings. The molecule has 0 aliphatic carbocycles. The summed E-state index contributed by atoms with van der Waals surface area (Å²) in [7, 11) is 0. The molecular formula is C13H16N4O. The van der Waals surface area contributed by atoms with E-state index in [0.717, 1.165) is 43.0 Å². The molecule has 0 aromatic carbocycles. The lowest BCUT2D eigenvalue weighted by Crippen LogP contribution is -2.36. The van der Waals surface area contributed by atoms with Crippen LogP contribution in [-0.2, 0) is 0 Å². The van der Waals surface area contributed by atoms with Gasteiger partial charge in [-0.1, -0.05) is 0 Å². The zero-order valence-corrected chi connectivity index (χ0v) is 10.1. The smallest absolute Gasteiger partial charge is 0.151 e. The molecule has 3 heterocycles. The number of piperidine rings is 1. The summed E-state index contributed by atoms with van der Waals surface area (Å²) < 4.78 is 0. The van der Waals surface area contributed by atoms with E-state index in [4.69, 9.17) is 0 Å². The highest BCUT2D eigenvalue weighted by molar-refractivity contribution is 5.58. The van der Waals surface area contributed by atoms with Crippen molar-refractivity contribution >= 4 is 5.82 Å². The lowest BCUT2D eigenvalue weighted by molar-refractivity contribution is 0.145. The fourth-order valence-electron chi connectivity index (χ4n) is 2.23. The normalized spacial score (nSPS) is 17.1. The van der Waals surface area contributed by atoms with Crippen LogP contribution in [0, 0.1) is 0 Å². The van der Waals surface area contributed by atoms with E-state index in [1.165, 1.54) is 0 Å². The first-order valence-corrected chi connectivity index (χ1v) is 6.23. The Morgan fingerprint density at radius 2 is 2.00 bits per heavy atom. The average Bonchev–Trinajstić information content (AvgIpc) is 2.94. The average molecular weight is 244 g/mol. The standard InChI is InChI=1S/C13H16N4O/c18-11-4-7-17(8-5-11)13-2-1-12(15-16-13)10-3-6-14-9-10/h1-3,6,9,11,14,18H,4-5,7-8H2. The fourth-order valence-corrected chi connectivity index (χ4v) is 2.23. The Balaban J connectivity index is 1.75. The Bertz CT molecular complexity index is 486. The van der Waals surface area contributed by atoms with Gasteiger partial charge in [0.25, 0.3) is 0 Å². The van der Waals surface area contributed by atoms with Crippen LogP contribution in [0.5, 0.6) is 0 Å². The van der Waals surface area contributed by atoms with E-state index in [-0.39, 0.29) is 6.10 Å². The van der Waals surface area contributed by atoms with Crippen molar-refractivity contribution in [2.75, 3.05) is 18.0 Å². The van der Waals surface area contributed by atoms with Gasteiger partial charge in [0.2, 0.25) is 0 Å². The van der Waals surface area contributed by atoms with E-state index in [0.29, 0.717) is 0 Å². The lowest BCUT2D eigenvalue weighted by Gasteiger charge is -2.30. The zero-order valence-electron chi connectivity index (χ0n) is 10.1. The first kappa shape index (κ1) is 11.2. The molecule has 0 spiro atoms. The van der Waals surface area contributed by atoms with Crippen LogP contribution in [0.2, 0.25) is 0 Å². The summed E-state index contributed by atoms with van der Waals surface area (Å²) in [5, 5.41) is 18.0. The minimum absolute atomic E-state index is 0.159. The Morgan fingerprint density at radius 1 is 1.17 bits per heavy atom. The number of aromatic amines is 1. The van der Waals surface area contributed by atoms with Gasteiger partial charge in [0, 0.05) is 31.0 Å². The molecule has 0 saturated carbocycles. The maximum Gasteiger partial charge on any atom is 0.151 e. The molecule has 94 valence electrons. The summed E-state index contributed by atoms with van der Waals surface area (Å²) in [5.41, 5.74) is 1.92. The highest BCUT2D eigenvalue weighted by atomic mass is 16.3. The van der Waals surface area contributed by atoms with Gasteiger partial charge in [0.1, 0.15) is 0 Å². The number of nitrogens with zero attached hydrogens (tertiary/aromatic N) is 3. The molecule has 0 atom stereocenters. The summed E-state index contributed by atoms with van der Waals surface area (Å²) >= 11 is 0. The topological polar surface area (TPSA) is 65.0 Å². The number of aliphatic hydroxyl groups excluding tert-OH is 1. The zero-order chi connectivity index (χ0) is 12.4. The van der Waals surface area contributed by atoms with Gasteiger partial charge in [-0.25, -0.2) is 0 Å². The van der Waals surface area contributed by atoms with Crippen molar-refractivity contribution < 1.29 is 5.11 Å². The van der Waals surface area contributed by atoms with Crippen molar-refractivity contribution in [2.45, 2.75) is 18.9 Å². The van der Waals surface area contributed by atoms with E-state index < -0.39 is 0 Å². The second-order valence-corrected chi connectivity index (χ2v) is 4.59. The molecule has 18 heavy (non-hydrogen) atoms. The van der Waals surface area contributed by atoms with Crippen LogP contribution in [0.25, 0.3) is 11.3 Å². The molecule has 2 aromatic heterocycles. The van der Waals surface area contributed by atoms with E-state index in [1.54, 1.807) is 0 Å². The molecular weight excluding hydrogens is 228 g/mol. The quantitative estimate of drug-likeness (QED) is 0.838. The highest BCUT2D eigenvalue weighted by Crippen LogP contribution is 2.20. The van der Waals surface area contributed by atoms with Gasteiger partial charge in [-0.15, -0.1) is 10.2 Å². The van der Waals surface area contributed by atoms with Gasteiger partial charge in [-0.3, -0.25) is 0 Å². The van der Waals surface area contributed by atoms with Crippen molar-refractivity contribution in [1.29, 1.82) is 0 Å². The number of anilines is 1. The number of rotatable bonds is 2. The molecule has 0 amide bonds. The number of aliphatic hydroxyl groups is 1. The van der Waals surface area contributed by atoms with E-state index in [2.05, 4.69) is 20.1 Å². The first-order valence-electron chi connectivity index (χ1n) is 6.23. The maximum absolute atomic E-state index is 9.48. The van der Waals surface area contributed by atoms with E-state index >= 15 is 0 Å². The first-order chi connectivity index (χ1) is 8.83. The minimum atomic E-state index is -0.159. The highest BCUT2D eigenvalue weighted by Gasteiger charge is 2.18. The fraction of sp³-hybridized carbons (Fsp3) is 0.385.